The van der Waals surface area contributed by atoms with Crippen LogP contribution in [0.5, 0.6) is 10.9 Å². The zero-order chi connectivity index (χ0) is 21.1. The monoisotopic (exact) mass is 431 g/mol. The van der Waals surface area contributed by atoms with Crippen LogP contribution in [0.4, 0.5) is 0 Å². The number of likely N-dealkylation sites (tertiary alicyclic amines) is 1. The van der Waals surface area contributed by atoms with Crippen molar-refractivity contribution in [3.8, 4) is 10.9 Å². The summed E-state index contributed by atoms with van der Waals surface area (Å²) in [6.45, 7) is 2.82. The normalized spacial score (nSPS) is 16.4. The van der Waals surface area contributed by atoms with Crippen molar-refractivity contribution < 1.29 is 9.84 Å². The van der Waals surface area contributed by atoms with Gasteiger partial charge < -0.3 is 14.7 Å². The van der Waals surface area contributed by atoms with E-state index in [9.17, 15) is 5.11 Å². The van der Waals surface area contributed by atoms with Gasteiger partial charge in [0.1, 0.15) is 5.75 Å². The predicted octanol–water partition coefficient (Wildman–Crippen LogP) is 5.01. The van der Waals surface area contributed by atoms with E-state index < -0.39 is 5.60 Å². The van der Waals surface area contributed by atoms with Gasteiger partial charge in [-0.1, -0.05) is 53.8 Å². The fourth-order valence-electron chi connectivity index (χ4n) is 4.09. The Morgan fingerprint density at radius 2 is 1.74 bits per heavy atom. The van der Waals surface area contributed by atoms with Gasteiger partial charge in [0, 0.05) is 25.8 Å². The first-order valence-corrected chi connectivity index (χ1v) is 11.5. The number of ether oxygens (including phenoxy) is 1. The number of fused-ring (bicyclic) bond motifs is 1. The lowest BCUT2D eigenvalue weighted by molar-refractivity contribution is -0.0255. The van der Waals surface area contributed by atoms with Crippen LogP contribution < -0.4 is 4.74 Å². The molecule has 31 heavy (non-hydrogen) atoms. The summed E-state index contributed by atoms with van der Waals surface area (Å²) in [7, 11) is 0. The van der Waals surface area contributed by atoms with Gasteiger partial charge in [0.2, 0.25) is 0 Å². The molecule has 5 rings (SSSR count). The molecule has 0 radical (unpaired) electrons. The van der Waals surface area contributed by atoms with Crippen molar-refractivity contribution in [3.05, 3.63) is 84.1 Å². The highest BCUT2D eigenvalue weighted by atomic mass is 32.1. The summed E-state index contributed by atoms with van der Waals surface area (Å²) in [5.74, 6) is 0.786. The molecular formula is C25H25N3O2S. The molecular weight excluding hydrogens is 406 g/mol. The van der Waals surface area contributed by atoms with Crippen molar-refractivity contribution in [1.29, 1.82) is 0 Å². The van der Waals surface area contributed by atoms with Crippen LogP contribution in [0.1, 0.15) is 24.0 Å². The number of aromatic nitrogens is 2. The quantitative estimate of drug-likeness (QED) is 0.465. The van der Waals surface area contributed by atoms with Crippen molar-refractivity contribution >= 4 is 21.7 Å². The van der Waals surface area contributed by atoms with Crippen molar-refractivity contribution in [2.75, 3.05) is 19.6 Å². The van der Waals surface area contributed by atoms with Gasteiger partial charge in [-0.3, -0.25) is 0 Å². The minimum Gasteiger partial charge on any atom is -0.431 e. The minimum absolute atomic E-state index is 0.612. The molecule has 1 N–H and O–H groups in total. The summed E-state index contributed by atoms with van der Waals surface area (Å²) in [6.07, 6.45) is 4.28. The Hall–Kier alpha value is -2.80. The van der Waals surface area contributed by atoms with Crippen LogP contribution in [0.3, 0.4) is 0 Å². The standard InChI is InChI=1S/C25H25N3O2S/c29-25(20-5-2-1-3-6-20)13-17-28(18-14-25)16-12-19-8-10-21(11-9-19)30-24-27-23-22(31-24)7-4-15-26-23/h1-11,15,29H,12-14,16-18H2. The zero-order valence-electron chi connectivity index (χ0n) is 17.3. The van der Waals surface area contributed by atoms with E-state index in [1.165, 1.54) is 16.9 Å². The van der Waals surface area contributed by atoms with Gasteiger partial charge in [-0.25, -0.2) is 4.98 Å². The molecule has 1 fully saturated rings. The summed E-state index contributed by atoms with van der Waals surface area (Å²) in [6, 6.07) is 22.2. The molecule has 0 atom stereocenters. The Morgan fingerprint density at radius 1 is 0.968 bits per heavy atom. The fraction of sp³-hybridized carbons (Fsp3) is 0.280. The number of hydrogen-bond acceptors (Lipinski definition) is 6. The lowest BCUT2D eigenvalue weighted by Crippen LogP contribution is -2.43. The van der Waals surface area contributed by atoms with Gasteiger partial charge in [0.05, 0.1) is 10.3 Å². The molecule has 1 aliphatic rings. The molecule has 0 saturated carbocycles. The maximum Gasteiger partial charge on any atom is 0.281 e. The van der Waals surface area contributed by atoms with E-state index in [0.717, 1.165) is 60.6 Å². The van der Waals surface area contributed by atoms with Gasteiger partial charge in [-0.05, 0) is 54.7 Å². The third kappa shape index (κ3) is 4.61. The van der Waals surface area contributed by atoms with Crippen LogP contribution >= 0.6 is 11.3 Å². The summed E-state index contributed by atoms with van der Waals surface area (Å²) < 4.78 is 6.93. The Morgan fingerprint density at radius 3 is 2.48 bits per heavy atom. The molecule has 2 aromatic heterocycles. The molecule has 4 aromatic rings. The second-order valence-electron chi connectivity index (χ2n) is 8.04. The Balaban J connectivity index is 1.13. The molecule has 0 aliphatic carbocycles. The molecule has 0 bridgehead atoms. The smallest absolute Gasteiger partial charge is 0.281 e. The minimum atomic E-state index is -0.688. The molecule has 0 amide bonds. The maximum atomic E-state index is 11.0. The number of piperidine rings is 1. The van der Waals surface area contributed by atoms with E-state index in [1.54, 1.807) is 6.20 Å². The van der Waals surface area contributed by atoms with E-state index in [2.05, 4.69) is 27.0 Å². The first-order chi connectivity index (χ1) is 15.2. The van der Waals surface area contributed by atoms with E-state index in [-0.39, 0.29) is 0 Å². The predicted molar refractivity (Wildman–Crippen MR) is 124 cm³/mol. The molecule has 1 saturated heterocycles. The first-order valence-electron chi connectivity index (χ1n) is 10.7. The number of rotatable bonds is 6. The molecule has 0 unspecified atom stereocenters. The van der Waals surface area contributed by atoms with Gasteiger partial charge in [0.15, 0.2) is 5.65 Å². The average Bonchev–Trinajstić information content (AvgIpc) is 3.23. The van der Waals surface area contributed by atoms with E-state index in [4.69, 9.17) is 4.74 Å². The number of nitrogens with zero attached hydrogens (tertiary/aromatic N) is 3. The lowest BCUT2D eigenvalue weighted by atomic mass is 9.84. The Kier molecular flexibility index (Phi) is 5.68. The third-order valence-electron chi connectivity index (χ3n) is 5.98. The lowest BCUT2D eigenvalue weighted by Gasteiger charge is -2.38. The highest BCUT2D eigenvalue weighted by Gasteiger charge is 2.33. The number of benzene rings is 2. The van der Waals surface area contributed by atoms with Gasteiger partial charge >= 0.3 is 0 Å². The SMILES string of the molecule is OC1(c2ccccc2)CCN(CCc2ccc(Oc3nc4ncccc4s3)cc2)CC1. The Labute approximate surface area is 186 Å². The summed E-state index contributed by atoms with van der Waals surface area (Å²) in [4.78, 5) is 11.1. The summed E-state index contributed by atoms with van der Waals surface area (Å²) in [5, 5.41) is 11.6. The van der Waals surface area contributed by atoms with Gasteiger partial charge in [0.25, 0.3) is 5.19 Å². The second kappa shape index (κ2) is 8.75. The van der Waals surface area contributed by atoms with Crippen LogP contribution in [0.15, 0.2) is 72.9 Å². The van der Waals surface area contributed by atoms with Crippen LogP contribution in [-0.4, -0.2) is 39.6 Å². The molecule has 1 aliphatic heterocycles. The molecule has 5 nitrogen and oxygen atoms in total. The molecule has 6 heteroatoms. The highest BCUT2D eigenvalue weighted by Crippen LogP contribution is 2.33. The Bertz CT molecular complexity index is 1100. The van der Waals surface area contributed by atoms with Crippen molar-refractivity contribution in [2.24, 2.45) is 0 Å². The van der Waals surface area contributed by atoms with Gasteiger partial charge in [-0.2, -0.15) is 4.98 Å². The molecule has 3 heterocycles. The number of thiazole rings is 1. The fourth-order valence-corrected chi connectivity index (χ4v) is 4.88. The van der Waals surface area contributed by atoms with Crippen LogP contribution in [0.2, 0.25) is 0 Å². The first kappa shape index (κ1) is 20.1. The third-order valence-corrected chi connectivity index (χ3v) is 6.87. The number of aliphatic hydroxyl groups is 1. The van der Waals surface area contributed by atoms with Crippen LogP contribution in [-0.2, 0) is 12.0 Å². The summed E-state index contributed by atoms with van der Waals surface area (Å²) >= 11 is 1.50. The average molecular weight is 432 g/mol. The number of hydrogen-bond donors (Lipinski definition) is 1. The highest BCUT2D eigenvalue weighted by molar-refractivity contribution is 7.20. The largest absolute Gasteiger partial charge is 0.431 e. The van der Waals surface area contributed by atoms with Gasteiger partial charge in [-0.15, -0.1) is 0 Å². The van der Waals surface area contributed by atoms with E-state index >= 15 is 0 Å². The topological polar surface area (TPSA) is 58.5 Å². The van der Waals surface area contributed by atoms with Crippen LogP contribution in [0.25, 0.3) is 10.3 Å². The summed E-state index contributed by atoms with van der Waals surface area (Å²) in [5.41, 5.74) is 2.35. The van der Waals surface area contributed by atoms with Crippen molar-refractivity contribution in [3.63, 3.8) is 0 Å². The van der Waals surface area contributed by atoms with Crippen molar-refractivity contribution in [2.45, 2.75) is 24.9 Å². The molecule has 158 valence electrons. The van der Waals surface area contributed by atoms with Crippen molar-refractivity contribution in [1.82, 2.24) is 14.9 Å². The van der Waals surface area contributed by atoms with E-state index in [1.807, 2.05) is 54.6 Å². The molecule has 2 aromatic carbocycles. The van der Waals surface area contributed by atoms with Crippen LogP contribution in [0, 0.1) is 0 Å². The zero-order valence-corrected chi connectivity index (χ0v) is 18.1. The van der Waals surface area contributed by atoms with E-state index in [0.29, 0.717) is 5.19 Å². The maximum absolute atomic E-state index is 11.0. The molecule has 0 spiro atoms. The number of pyridine rings is 1. The second-order valence-corrected chi connectivity index (χ2v) is 9.03.